The molecule has 0 aromatic carbocycles. The largest absolute Gasteiger partial charge is 0.391 e. The number of nitrogens with two attached hydrogens (primary N) is 1. The van der Waals surface area contributed by atoms with Crippen LogP contribution < -0.4 is 10.6 Å². The molecule has 0 radical (unpaired) electrons. The summed E-state index contributed by atoms with van der Waals surface area (Å²) in [4.78, 5) is 6.31. The monoisotopic (exact) mass is 221 g/mol. The second-order valence-electron chi connectivity index (χ2n) is 4.49. The van der Waals surface area contributed by atoms with Gasteiger partial charge >= 0.3 is 0 Å². The first-order valence-electron chi connectivity index (χ1n) is 5.78. The Balaban J connectivity index is 2.18. The van der Waals surface area contributed by atoms with Crippen molar-refractivity contribution < 1.29 is 5.11 Å². The molecule has 0 saturated carbocycles. The molecule has 0 aliphatic carbocycles. The summed E-state index contributed by atoms with van der Waals surface area (Å²) < 4.78 is 0. The third-order valence-corrected chi connectivity index (χ3v) is 3.37. The molecular formula is C12H19N3O. The Morgan fingerprint density at radius 2 is 2.44 bits per heavy atom. The molecule has 2 unspecified atom stereocenters. The first kappa shape index (κ1) is 11.4. The second-order valence-corrected chi connectivity index (χ2v) is 4.49. The first-order valence-corrected chi connectivity index (χ1v) is 5.78. The van der Waals surface area contributed by atoms with E-state index >= 15 is 0 Å². The molecule has 1 aliphatic heterocycles. The SMILES string of the molecule is CC1CCN(c2cnccc2CN)CC1O. The van der Waals surface area contributed by atoms with Gasteiger partial charge in [0.15, 0.2) is 0 Å². The minimum Gasteiger partial charge on any atom is -0.391 e. The Bertz CT molecular complexity index is 356. The van der Waals surface area contributed by atoms with Gasteiger partial charge in [-0.05, 0) is 24.0 Å². The van der Waals surface area contributed by atoms with Gasteiger partial charge in [-0.1, -0.05) is 6.92 Å². The third kappa shape index (κ3) is 2.18. The summed E-state index contributed by atoms with van der Waals surface area (Å²) in [6, 6.07) is 1.94. The van der Waals surface area contributed by atoms with Crippen LogP contribution in [0.15, 0.2) is 18.5 Å². The van der Waals surface area contributed by atoms with E-state index in [2.05, 4.69) is 16.8 Å². The number of aliphatic hydroxyl groups excluding tert-OH is 1. The lowest BCUT2D eigenvalue weighted by atomic mass is 9.95. The van der Waals surface area contributed by atoms with Crippen LogP contribution in [-0.2, 0) is 6.54 Å². The molecule has 16 heavy (non-hydrogen) atoms. The fourth-order valence-electron chi connectivity index (χ4n) is 2.14. The predicted octanol–water partition coefficient (Wildman–Crippen LogP) is 0.747. The summed E-state index contributed by atoms with van der Waals surface area (Å²) in [6.07, 6.45) is 4.36. The molecule has 1 aliphatic rings. The van der Waals surface area contributed by atoms with E-state index in [1.54, 1.807) is 6.20 Å². The van der Waals surface area contributed by atoms with Crippen LogP contribution >= 0.6 is 0 Å². The average molecular weight is 221 g/mol. The first-order chi connectivity index (χ1) is 7.72. The van der Waals surface area contributed by atoms with Crippen molar-refractivity contribution in [1.82, 2.24) is 4.98 Å². The lowest BCUT2D eigenvalue weighted by molar-refractivity contribution is 0.103. The maximum Gasteiger partial charge on any atom is 0.0741 e. The molecule has 0 spiro atoms. The number of rotatable bonds is 2. The molecule has 1 fully saturated rings. The fraction of sp³-hybridized carbons (Fsp3) is 0.583. The van der Waals surface area contributed by atoms with Crippen molar-refractivity contribution in [2.45, 2.75) is 26.0 Å². The minimum atomic E-state index is -0.250. The molecule has 2 heterocycles. The zero-order chi connectivity index (χ0) is 11.5. The summed E-state index contributed by atoms with van der Waals surface area (Å²) >= 11 is 0. The van der Waals surface area contributed by atoms with Crippen LogP contribution in [-0.4, -0.2) is 29.3 Å². The number of anilines is 1. The molecule has 1 saturated heterocycles. The van der Waals surface area contributed by atoms with Gasteiger partial charge in [-0.3, -0.25) is 4.98 Å². The maximum absolute atomic E-state index is 9.88. The average Bonchev–Trinajstić information content (AvgIpc) is 2.32. The normalized spacial score (nSPS) is 25.8. The van der Waals surface area contributed by atoms with Crippen LogP contribution in [0, 0.1) is 5.92 Å². The quantitative estimate of drug-likeness (QED) is 0.773. The number of piperidine rings is 1. The Kier molecular flexibility index (Phi) is 3.41. The zero-order valence-corrected chi connectivity index (χ0v) is 9.63. The molecule has 2 atom stereocenters. The van der Waals surface area contributed by atoms with Gasteiger partial charge in [-0.2, -0.15) is 0 Å². The van der Waals surface area contributed by atoms with Gasteiger partial charge in [-0.25, -0.2) is 0 Å². The topological polar surface area (TPSA) is 62.4 Å². The number of aliphatic hydroxyl groups is 1. The zero-order valence-electron chi connectivity index (χ0n) is 9.63. The Labute approximate surface area is 96.1 Å². The summed E-state index contributed by atoms with van der Waals surface area (Å²) in [6.45, 7) is 4.26. The van der Waals surface area contributed by atoms with E-state index in [0.717, 1.165) is 24.2 Å². The lowest BCUT2D eigenvalue weighted by Crippen LogP contribution is -2.43. The van der Waals surface area contributed by atoms with Gasteiger partial charge in [-0.15, -0.1) is 0 Å². The van der Waals surface area contributed by atoms with Crippen LogP contribution in [0.5, 0.6) is 0 Å². The van der Waals surface area contributed by atoms with E-state index in [1.165, 1.54) is 0 Å². The molecule has 0 bridgehead atoms. The van der Waals surface area contributed by atoms with E-state index in [-0.39, 0.29) is 6.10 Å². The highest BCUT2D eigenvalue weighted by atomic mass is 16.3. The van der Waals surface area contributed by atoms with Crippen molar-refractivity contribution in [3.63, 3.8) is 0 Å². The second kappa shape index (κ2) is 4.80. The summed E-state index contributed by atoms with van der Waals surface area (Å²) in [5.41, 5.74) is 7.86. The lowest BCUT2D eigenvalue weighted by Gasteiger charge is -2.36. The van der Waals surface area contributed by atoms with Gasteiger partial charge in [0.05, 0.1) is 18.0 Å². The van der Waals surface area contributed by atoms with Crippen molar-refractivity contribution >= 4 is 5.69 Å². The van der Waals surface area contributed by atoms with Gasteiger partial charge in [0.2, 0.25) is 0 Å². The van der Waals surface area contributed by atoms with Crippen LogP contribution in [0.1, 0.15) is 18.9 Å². The highest BCUT2D eigenvalue weighted by molar-refractivity contribution is 5.52. The van der Waals surface area contributed by atoms with Crippen LogP contribution in [0.4, 0.5) is 5.69 Å². The van der Waals surface area contributed by atoms with Crippen molar-refractivity contribution in [1.29, 1.82) is 0 Å². The molecule has 2 rings (SSSR count). The molecule has 1 aromatic heterocycles. The predicted molar refractivity (Wildman–Crippen MR) is 64.1 cm³/mol. The van der Waals surface area contributed by atoms with Gasteiger partial charge < -0.3 is 15.7 Å². The van der Waals surface area contributed by atoms with Crippen molar-refractivity contribution in [2.75, 3.05) is 18.0 Å². The summed E-state index contributed by atoms with van der Waals surface area (Å²) in [7, 11) is 0. The summed E-state index contributed by atoms with van der Waals surface area (Å²) in [5.74, 6) is 0.384. The molecule has 4 heteroatoms. The summed E-state index contributed by atoms with van der Waals surface area (Å²) in [5, 5.41) is 9.88. The number of aromatic nitrogens is 1. The standard InChI is InChI=1S/C12H19N3O/c1-9-3-5-15(8-12(9)16)11-7-14-4-2-10(11)6-13/h2,4,7,9,12,16H,3,5-6,8,13H2,1H3. The number of nitrogens with zero attached hydrogens (tertiary/aromatic N) is 2. The van der Waals surface area contributed by atoms with E-state index in [0.29, 0.717) is 19.0 Å². The van der Waals surface area contributed by atoms with Crippen LogP contribution in [0.2, 0.25) is 0 Å². The van der Waals surface area contributed by atoms with Gasteiger partial charge in [0.1, 0.15) is 0 Å². The third-order valence-electron chi connectivity index (χ3n) is 3.37. The molecule has 1 aromatic rings. The number of pyridine rings is 1. The fourth-order valence-corrected chi connectivity index (χ4v) is 2.14. The molecule has 3 N–H and O–H groups in total. The van der Waals surface area contributed by atoms with E-state index in [1.807, 2.05) is 12.3 Å². The molecular weight excluding hydrogens is 202 g/mol. The van der Waals surface area contributed by atoms with Crippen molar-refractivity contribution in [3.8, 4) is 0 Å². The van der Waals surface area contributed by atoms with E-state index in [9.17, 15) is 5.11 Å². The molecule has 0 amide bonds. The Morgan fingerprint density at radius 1 is 1.62 bits per heavy atom. The van der Waals surface area contributed by atoms with Crippen LogP contribution in [0.25, 0.3) is 0 Å². The highest BCUT2D eigenvalue weighted by Gasteiger charge is 2.25. The maximum atomic E-state index is 9.88. The van der Waals surface area contributed by atoms with Gasteiger partial charge in [0, 0.05) is 25.8 Å². The Hall–Kier alpha value is -1.13. The van der Waals surface area contributed by atoms with Crippen molar-refractivity contribution in [3.05, 3.63) is 24.0 Å². The number of hydrogen-bond donors (Lipinski definition) is 2. The molecule has 4 nitrogen and oxygen atoms in total. The van der Waals surface area contributed by atoms with E-state index < -0.39 is 0 Å². The minimum absolute atomic E-state index is 0.250. The molecule has 88 valence electrons. The number of hydrogen-bond acceptors (Lipinski definition) is 4. The highest BCUT2D eigenvalue weighted by Crippen LogP contribution is 2.25. The van der Waals surface area contributed by atoms with Crippen molar-refractivity contribution in [2.24, 2.45) is 11.7 Å². The van der Waals surface area contributed by atoms with Crippen LogP contribution in [0.3, 0.4) is 0 Å². The van der Waals surface area contributed by atoms with Gasteiger partial charge in [0.25, 0.3) is 0 Å². The van der Waals surface area contributed by atoms with E-state index in [4.69, 9.17) is 5.73 Å². The number of β-amino-alcohol motifs (C(OH)–C–C–N with tert-alkyl or cyclic N) is 1. The Morgan fingerprint density at radius 3 is 3.12 bits per heavy atom. The smallest absolute Gasteiger partial charge is 0.0741 e.